The lowest BCUT2D eigenvalue weighted by molar-refractivity contribution is 0.409. The quantitative estimate of drug-likeness (QED) is 0.557. The van der Waals surface area contributed by atoms with Crippen molar-refractivity contribution in [3.8, 4) is 5.75 Å². The van der Waals surface area contributed by atoms with Crippen molar-refractivity contribution in [3.05, 3.63) is 29.8 Å². The van der Waals surface area contributed by atoms with Crippen molar-refractivity contribution in [3.63, 3.8) is 0 Å². The SMILES string of the molecule is CCCCCCCC(CNCC)Cc1cccc(OC)c1. The van der Waals surface area contributed by atoms with E-state index in [-0.39, 0.29) is 0 Å². The fraction of sp³-hybridized carbons (Fsp3) is 0.684. The second-order valence-electron chi connectivity index (χ2n) is 5.93. The van der Waals surface area contributed by atoms with E-state index < -0.39 is 0 Å². The highest BCUT2D eigenvalue weighted by atomic mass is 16.5. The summed E-state index contributed by atoms with van der Waals surface area (Å²) in [5, 5.41) is 3.52. The molecule has 0 bridgehead atoms. The molecule has 0 aliphatic heterocycles. The standard InChI is InChI=1S/C19H33NO/c1-4-6-7-8-9-11-18(16-20-5-2)14-17-12-10-13-19(15-17)21-3/h10,12-13,15,18,20H,4-9,11,14,16H2,1-3H3. The van der Waals surface area contributed by atoms with Gasteiger partial charge in [0.1, 0.15) is 5.75 Å². The van der Waals surface area contributed by atoms with E-state index in [9.17, 15) is 0 Å². The summed E-state index contributed by atoms with van der Waals surface area (Å²) in [6.45, 7) is 6.65. The molecule has 1 aromatic carbocycles. The van der Waals surface area contributed by atoms with Gasteiger partial charge in [0, 0.05) is 0 Å². The number of methoxy groups -OCH3 is 1. The zero-order chi connectivity index (χ0) is 15.3. The Bertz CT molecular complexity index is 364. The molecule has 1 aromatic rings. The summed E-state index contributed by atoms with van der Waals surface area (Å²) < 4.78 is 5.33. The van der Waals surface area contributed by atoms with Crippen molar-refractivity contribution in [2.75, 3.05) is 20.2 Å². The Hall–Kier alpha value is -1.02. The first-order chi connectivity index (χ1) is 10.3. The molecule has 0 aromatic heterocycles. The highest BCUT2D eigenvalue weighted by molar-refractivity contribution is 5.28. The number of hydrogen-bond acceptors (Lipinski definition) is 2. The predicted octanol–water partition coefficient (Wildman–Crippen LogP) is 4.82. The molecule has 1 unspecified atom stereocenters. The number of rotatable bonds is 12. The van der Waals surface area contributed by atoms with Crippen molar-refractivity contribution in [1.29, 1.82) is 0 Å². The van der Waals surface area contributed by atoms with E-state index in [1.807, 2.05) is 6.07 Å². The summed E-state index contributed by atoms with van der Waals surface area (Å²) in [5.74, 6) is 1.70. The average molecular weight is 291 g/mol. The Morgan fingerprint density at radius 3 is 2.62 bits per heavy atom. The van der Waals surface area contributed by atoms with Crippen molar-refractivity contribution in [2.24, 2.45) is 5.92 Å². The van der Waals surface area contributed by atoms with Crippen LogP contribution in [0.15, 0.2) is 24.3 Å². The van der Waals surface area contributed by atoms with Gasteiger partial charge in [-0.2, -0.15) is 0 Å². The molecule has 2 nitrogen and oxygen atoms in total. The molecule has 1 atom stereocenters. The summed E-state index contributed by atoms with van der Waals surface area (Å²) >= 11 is 0. The number of benzene rings is 1. The van der Waals surface area contributed by atoms with E-state index in [0.29, 0.717) is 0 Å². The smallest absolute Gasteiger partial charge is 0.119 e. The van der Waals surface area contributed by atoms with Crippen LogP contribution in [-0.2, 0) is 6.42 Å². The number of nitrogens with one attached hydrogen (secondary N) is 1. The Morgan fingerprint density at radius 1 is 1.10 bits per heavy atom. The molecule has 21 heavy (non-hydrogen) atoms. The van der Waals surface area contributed by atoms with Crippen LogP contribution in [0.3, 0.4) is 0 Å². The van der Waals surface area contributed by atoms with Crippen LogP contribution in [0.4, 0.5) is 0 Å². The van der Waals surface area contributed by atoms with Gasteiger partial charge < -0.3 is 10.1 Å². The van der Waals surface area contributed by atoms with Gasteiger partial charge in [-0.1, -0.05) is 58.1 Å². The monoisotopic (exact) mass is 291 g/mol. The largest absolute Gasteiger partial charge is 0.497 e. The van der Waals surface area contributed by atoms with Gasteiger partial charge in [0.2, 0.25) is 0 Å². The molecule has 120 valence electrons. The fourth-order valence-corrected chi connectivity index (χ4v) is 2.79. The molecule has 0 spiro atoms. The zero-order valence-corrected chi connectivity index (χ0v) is 14.2. The topological polar surface area (TPSA) is 21.3 Å². The van der Waals surface area contributed by atoms with E-state index in [1.165, 1.54) is 44.1 Å². The molecule has 0 saturated carbocycles. The maximum absolute atomic E-state index is 5.33. The second kappa shape index (κ2) is 11.6. The summed E-state index contributed by atoms with van der Waals surface area (Å²) in [6, 6.07) is 8.52. The van der Waals surface area contributed by atoms with Crippen LogP contribution >= 0.6 is 0 Å². The van der Waals surface area contributed by atoms with Crippen LogP contribution < -0.4 is 10.1 Å². The Kier molecular flexibility index (Phi) is 9.98. The minimum absolute atomic E-state index is 0.735. The van der Waals surface area contributed by atoms with Crippen LogP contribution in [0.5, 0.6) is 5.75 Å². The molecule has 0 radical (unpaired) electrons. The number of ether oxygens (including phenoxy) is 1. The van der Waals surface area contributed by atoms with Crippen LogP contribution in [-0.4, -0.2) is 20.2 Å². The van der Waals surface area contributed by atoms with Crippen LogP contribution in [0.25, 0.3) is 0 Å². The Labute approximate surface area is 131 Å². The summed E-state index contributed by atoms with van der Waals surface area (Å²) in [6.07, 6.45) is 9.32. The summed E-state index contributed by atoms with van der Waals surface area (Å²) in [7, 11) is 1.74. The predicted molar refractivity (Wildman–Crippen MR) is 92.1 cm³/mol. The van der Waals surface area contributed by atoms with E-state index in [2.05, 4.69) is 37.4 Å². The lowest BCUT2D eigenvalue weighted by Gasteiger charge is -2.18. The lowest BCUT2D eigenvalue weighted by Crippen LogP contribution is -2.24. The highest BCUT2D eigenvalue weighted by Crippen LogP contribution is 2.19. The number of hydrogen-bond donors (Lipinski definition) is 1. The molecule has 0 amide bonds. The van der Waals surface area contributed by atoms with Crippen molar-refractivity contribution >= 4 is 0 Å². The van der Waals surface area contributed by atoms with Crippen molar-refractivity contribution < 1.29 is 4.74 Å². The third kappa shape index (κ3) is 8.11. The van der Waals surface area contributed by atoms with Gasteiger partial charge in [-0.3, -0.25) is 0 Å². The summed E-state index contributed by atoms with van der Waals surface area (Å²) in [5.41, 5.74) is 1.39. The number of unbranched alkanes of at least 4 members (excludes halogenated alkanes) is 4. The molecular formula is C19H33NO. The fourth-order valence-electron chi connectivity index (χ4n) is 2.79. The maximum Gasteiger partial charge on any atom is 0.119 e. The van der Waals surface area contributed by atoms with Crippen LogP contribution in [0, 0.1) is 5.92 Å². The normalized spacial score (nSPS) is 12.3. The first kappa shape index (κ1) is 18.0. The van der Waals surface area contributed by atoms with Crippen molar-refractivity contribution in [2.45, 2.75) is 58.8 Å². The first-order valence-corrected chi connectivity index (χ1v) is 8.63. The average Bonchev–Trinajstić information content (AvgIpc) is 2.52. The third-order valence-electron chi connectivity index (χ3n) is 4.06. The molecule has 0 heterocycles. The third-order valence-corrected chi connectivity index (χ3v) is 4.06. The van der Waals surface area contributed by atoms with Gasteiger partial charge in [-0.05, 0) is 49.5 Å². The lowest BCUT2D eigenvalue weighted by atomic mass is 9.93. The van der Waals surface area contributed by atoms with E-state index >= 15 is 0 Å². The highest BCUT2D eigenvalue weighted by Gasteiger charge is 2.10. The van der Waals surface area contributed by atoms with Gasteiger partial charge >= 0.3 is 0 Å². The van der Waals surface area contributed by atoms with Gasteiger partial charge in [-0.25, -0.2) is 0 Å². The zero-order valence-electron chi connectivity index (χ0n) is 14.2. The maximum atomic E-state index is 5.33. The summed E-state index contributed by atoms with van der Waals surface area (Å²) in [4.78, 5) is 0. The Balaban J connectivity index is 2.43. The molecular weight excluding hydrogens is 258 g/mol. The van der Waals surface area contributed by atoms with Gasteiger partial charge in [-0.15, -0.1) is 0 Å². The second-order valence-corrected chi connectivity index (χ2v) is 5.93. The molecule has 1 rings (SSSR count). The molecule has 0 fully saturated rings. The Morgan fingerprint density at radius 2 is 1.90 bits per heavy atom. The minimum Gasteiger partial charge on any atom is -0.497 e. The van der Waals surface area contributed by atoms with Crippen LogP contribution in [0.1, 0.15) is 57.9 Å². The first-order valence-electron chi connectivity index (χ1n) is 8.63. The minimum atomic E-state index is 0.735. The van der Waals surface area contributed by atoms with E-state index in [1.54, 1.807) is 7.11 Å². The van der Waals surface area contributed by atoms with Gasteiger partial charge in [0.25, 0.3) is 0 Å². The molecule has 1 N–H and O–H groups in total. The molecule has 0 saturated heterocycles. The molecule has 0 aliphatic rings. The van der Waals surface area contributed by atoms with E-state index in [0.717, 1.165) is 31.2 Å². The van der Waals surface area contributed by atoms with Crippen molar-refractivity contribution in [1.82, 2.24) is 5.32 Å². The van der Waals surface area contributed by atoms with Crippen LogP contribution in [0.2, 0.25) is 0 Å². The van der Waals surface area contributed by atoms with Gasteiger partial charge in [0.15, 0.2) is 0 Å². The van der Waals surface area contributed by atoms with E-state index in [4.69, 9.17) is 4.74 Å². The molecule has 0 aliphatic carbocycles. The molecule has 2 heteroatoms. The van der Waals surface area contributed by atoms with Gasteiger partial charge in [0.05, 0.1) is 7.11 Å².